The summed E-state index contributed by atoms with van der Waals surface area (Å²) >= 11 is 0. The Morgan fingerprint density at radius 1 is 1.53 bits per heavy atom. The van der Waals surface area contributed by atoms with Gasteiger partial charge in [0, 0.05) is 0 Å². The molecule has 1 rings (SSSR count). The fraction of sp³-hybridized carbons (Fsp3) is 0.875. The van der Waals surface area contributed by atoms with Crippen molar-refractivity contribution in [3.8, 4) is 0 Å². The molecular weight excluding hydrogens is 253 g/mol. The predicted octanol–water partition coefficient (Wildman–Crippen LogP) is 0.750. The third kappa shape index (κ3) is 3.25. The molecule has 17 heavy (non-hydrogen) atoms. The second-order valence-electron chi connectivity index (χ2n) is 3.94. The van der Waals surface area contributed by atoms with Crippen molar-refractivity contribution in [2.75, 3.05) is 13.1 Å². The van der Waals surface area contributed by atoms with E-state index in [0.717, 1.165) is 6.92 Å². The number of hydrogen-bond acceptors (Lipinski definition) is 4. The van der Waals surface area contributed by atoms with Gasteiger partial charge in [-0.05, 0) is 6.92 Å². The Hall–Kier alpha value is -0.960. The van der Waals surface area contributed by atoms with Crippen molar-refractivity contribution >= 4 is 5.97 Å². The second-order valence-corrected chi connectivity index (χ2v) is 3.94. The first-order valence-corrected chi connectivity index (χ1v) is 4.59. The van der Waals surface area contributed by atoms with Gasteiger partial charge in [0.1, 0.15) is 12.3 Å². The molecule has 1 N–H and O–H groups in total. The van der Waals surface area contributed by atoms with E-state index in [2.05, 4.69) is 4.84 Å². The molecule has 1 aliphatic heterocycles. The van der Waals surface area contributed by atoms with E-state index in [1.165, 1.54) is 0 Å². The Morgan fingerprint density at radius 3 is 2.47 bits per heavy atom. The number of rotatable bonds is 1. The van der Waals surface area contributed by atoms with E-state index >= 15 is 0 Å². The number of carbonyl (C=O) groups excluding carboxylic acids is 1. The molecule has 3 unspecified atom stereocenters. The summed E-state index contributed by atoms with van der Waals surface area (Å²) in [7, 11) is 0. The van der Waals surface area contributed by atoms with Gasteiger partial charge in [-0.2, -0.15) is 13.2 Å². The minimum Gasteiger partial charge on any atom is -0.387 e. The lowest BCUT2D eigenvalue weighted by Crippen LogP contribution is -2.59. The molecule has 0 bridgehead atoms. The zero-order chi connectivity index (χ0) is 13.4. The van der Waals surface area contributed by atoms with Gasteiger partial charge in [0.05, 0.1) is 13.1 Å². The number of carbonyl (C=O) groups is 1. The molecule has 9 heteroatoms. The molecule has 0 amide bonds. The van der Waals surface area contributed by atoms with Crippen molar-refractivity contribution in [3.05, 3.63) is 0 Å². The minimum absolute atomic E-state index is 0.215. The Labute approximate surface area is 92.9 Å². The van der Waals surface area contributed by atoms with Gasteiger partial charge in [-0.1, -0.05) is 0 Å². The monoisotopic (exact) mass is 263 g/mol. The van der Waals surface area contributed by atoms with Gasteiger partial charge in [-0.25, -0.2) is 13.6 Å². The topological polar surface area (TPSA) is 49.8 Å². The fourth-order valence-electron chi connectivity index (χ4n) is 1.41. The molecule has 0 aliphatic carbocycles. The quantitative estimate of drug-likeness (QED) is 0.709. The zero-order valence-electron chi connectivity index (χ0n) is 8.67. The molecule has 1 saturated heterocycles. The van der Waals surface area contributed by atoms with Crippen LogP contribution >= 0.6 is 0 Å². The van der Waals surface area contributed by atoms with E-state index in [1.54, 1.807) is 0 Å². The van der Waals surface area contributed by atoms with E-state index < -0.39 is 43.2 Å². The predicted molar refractivity (Wildman–Crippen MR) is 44.1 cm³/mol. The molecule has 0 aromatic carbocycles. The van der Waals surface area contributed by atoms with Gasteiger partial charge in [-0.3, -0.25) is 0 Å². The first-order valence-electron chi connectivity index (χ1n) is 4.59. The van der Waals surface area contributed by atoms with Crippen molar-refractivity contribution in [2.24, 2.45) is 0 Å². The van der Waals surface area contributed by atoms with Gasteiger partial charge >= 0.3 is 12.1 Å². The molecule has 0 aromatic rings. The van der Waals surface area contributed by atoms with Crippen LogP contribution < -0.4 is 0 Å². The smallest absolute Gasteiger partial charge is 0.387 e. The van der Waals surface area contributed by atoms with Crippen LogP contribution in [0.25, 0.3) is 0 Å². The maximum Gasteiger partial charge on any atom is 0.492 e. The van der Waals surface area contributed by atoms with Crippen LogP contribution in [-0.4, -0.2) is 53.3 Å². The maximum atomic E-state index is 13.5. The molecule has 0 aromatic heterocycles. The summed E-state index contributed by atoms with van der Waals surface area (Å²) in [6.07, 6.45) is -9.35. The van der Waals surface area contributed by atoms with Crippen LogP contribution in [-0.2, 0) is 9.63 Å². The molecule has 1 heterocycles. The lowest BCUT2D eigenvalue weighted by molar-refractivity contribution is -0.260. The van der Waals surface area contributed by atoms with E-state index in [9.17, 15) is 26.7 Å². The van der Waals surface area contributed by atoms with Crippen LogP contribution in [0, 0.1) is 0 Å². The van der Waals surface area contributed by atoms with Crippen molar-refractivity contribution in [1.29, 1.82) is 0 Å². The molecule has 100 valence electrons. The number of aliphatic hydroxyl groups is 1. The van der Waals surface area contributed by atoms with Crippen LogP contribution in [0.3, 0.4) is 0 Å². The highest BCUT2D eigenvalue weighted by atomic mass is 19.4. The standard InChI is InChI=1S/C8H10F5NO3/c1-7(10)3-14(2-4(9)5(7)15)17-6(16)8(11,12)13/h4-5,15H,2-3H2,1H3. The summed E-state index contributed by atoms with van der Waals surface area (Å²) in [5, 5.41) is 9.29. The third-order valence-corrected chi connectivity index (χ3v) is 2.27. The first kappa shape index (κ1) is 14.1. The number of hydrogen-bond donors (Lipinski definition) is 1. The summed E-state index contributed by atoms with van der Waals surface area (Å²) in [5.41, 5.74) is -2.50. The average molecular weight is 263 g/mol. The molecule has 1 fully saturated rings. The maximum absolute atomic E-state index is 13.5. The number of piperidine rings is 1. The summed E-state index contributed by atoms with van der Waals surface area (Å²) < 4.78 is 62.1. The molecule has 1 aliphatic rings. The SMILES string of the molecule is CC1(F)CN(OC(=O)C(F)(F)F)CC(F)C1O. The summed E-state index contributed by atoms with van der Waals surface area (Å²) in [6, 6.07) is 0. The Morgan fingerprint density at radius 2 is 2.06 bits per heavy atom. The molecule has 0 spiro atoms. The molecular formula is C8H10F5NO3. The van der Waals surface area contributed by atoms with Gasteiger partial charge < -0.3 is 9.94 Å². The summed E-state index contributed by atoms with van der Waals surface area (Å²) in [5.74, 6) is -2.56. The van der Waals surface area contributed by atoms with E-state index in [4.69, 9.17) is 5.11 Å². The van der Waals surface area contributed by atoms with Crippen LogP contribution in [0.5, 0.6) is 0 Å². The van der Waals surface area contributed by atoms with Crippen LogP contribution in [0.1, 0.15) is 6.92 Å². The molecule has 0 radical (unpaired) electrons. The second kappa shape index (κ2) is 4.37. The van der Waals surface area contributed by atoms with E-state index in [0.29, 0.717) is 0 Å². The van der Waals surface area contributed by atoms with Crippen molar-refractivity contribution < 1.29 is 36.7 Å². The van der Waals surface area contributed by atoms with Gasteiger partial charge in [-0.15, -0.1) is 5.06 Å². The Kier molecular flexibility index (Phi) is 3.63. The van der Waals surface area contributed by atoms with Crippen LogP contribution in [0.15, 0.2) is 0 Å². The van der Waals surface area contributed by atoms with Crippen molar-refractivity contribution in [1.82, 2.24) is 5.06 Å². The molecule has 3 atom stereocenters. The minimum atomic E-state index is -5.24. The number of halogens is 5. The Bertz CT molecular complexity index is 306. The number of nitrogens with zero attached hydrogens (tertiary/aromatic N) is 1. The summed E-state index contributed by atoms with van der Waals surface area (Å²) in [4.78, 5) is 14.2. The highest BCUT2D eigenvalue weighted by Gasteiger charge is 2.49. The van der Waals surface area contributed by atoms with Crippen molar-refractivity contribution in [2.45, 2.75) is 31.0 Å². The lowest BCUT2D eigenvalue weighted by Gasteiger charge is -2.39. The molecule has 4 nitrogen and oxygen atoms in total. The van der Waals surface area contributed by atoms with Gasteiger partial charge in [0.15, 0.2) is 5.67 Å². The van der Waals surface area contributed by atoms with E-state index in [-0.39, 0.29) is 5.06 Å². The normalized spacial score (nSPS) is 35.7. The number of alkyl halides is 5. The van der Waals surface area contributed by atoms with Gasteiger partial charge in [0.2, 0.25) is 0 Å². The summed E-state index contributed by atoms with van der Waals surface area (Å²) in [6.45, 7) is -0.850. The first-order chi connectivity index (χ1) is 7.54. The van der Waals surface area contributed by atoms with Crippen LogP contribution in [0.4, 0.5) is 22.0 Å². The third-order valence-electron chi connectivity index (χ3n) is 2.27. The van der Waals surface area contributed by atoms with Crippen molar-refractivity contribution in [3.63, 3.8) is 0 Å². The average Bonchev–Trinajstić information content (AvgIpc) is 2.12. The fourth-order valence-corrected chi connectivity index (χ4v) is 1.41. The highest BCUT2D eigenvalue weighted by Crippen LogP contribution is 2.28. The number of hydroxylamine groups is 2. The highest BCUT2D eigenvalue weighted by molar-refractivity contribution is 5.75. The van der Waals surface area contributed by atoms with Gasteiger partial charge in [0.25, 0.3) is 0 Å². The lowest BCUT2D eigenvalue weighted by atomic mass is 9.93. The largest absolute Gasteiger partial charge is 0.492 e. The molecule has 0 saturated carbocycles. The Balaban J connectivity index is 2.66. The van der Waals surface area contributed by atoms with Crippen LogP contribution in [0.2, 0.25) is 0 Å². The number of aliphatic hydroxyl groups excluding tert-OH is 1. The zero-order valence-corrected chi connectivity index (χ0v) is 8.67. The van der Waals surface area contributed by atoms with E-state index in [1.807, 2.05) is 0 Å².